The van der Waals surface area contributed by atoms with Gasteiger partial charge in [0.2, 0.25) is 5.96 Å². The molecule has 0 unspecified atom stereocenters. The third-order valence-electron chi connectivity index (χ3n) is 5.83. The van der Waals surface area contributed by atoms with E-state index in [2.05, 4.69) is 43.2 Å². The van der Waals surface area contributed by atoms with Crippen molar-refractivity contribution in [3.63, 3.8) is 0 Å². The quantitative estimate of drug-likeness (QED) is 0.215. The summed E-state index contributed by atoms with van der Waals surface area (Å²) in [6, 6.07) is 5.19. The minimum atomic E-state index is -0.706. The molecule has 1 aromatic rings. The molecule has 2 amide bonds. The number of benzene rings is 1. The van der Waals surface area contributed by atoms with Gasteiger partial charge in [-0.1, -0.05) is 42.2 Å². The molecule has 0 aromatic heterocycles. The number of anilines is 1. The number of amides is 2. The summed E-state index contributed by atoms with van der Waals surface area (Å²) in [5.74, 6) is 4.74. The molecule has 8 N–H and O–H groups in total. The van der Waals surface area contributed by atoms with E-state index in [1.54, 1.807) is 25.2 Å². The predicted molar refractivity (Wildman–Crippen MR) is 127 cm³/mol. The zero-order chi connectivity index (χ0) is 24.0. The average Bonchev–Trinajstić information content (AvgIpc) is 2.79. The number of carbonyl (C=O) groups is 2. The summed E-state index contributed by atoms with van der Waals surface area (Å²) in [6.45, 7) is 6.34. The minimum absolute atomic E-state index is 0.0830. The first-order valence-electron chi connectivity index (χ1n) is 10.8. The Morgan fingerprint density at radius 2 is 2.00 bits per heavy atom. The topological polar surface area (TPSA) is 171 Å². The van der Waals surface area contributed by atoms with Gasteiger partial charge in [0.15, 0.2) is 0 Å². The molecule has 176 valence electrons. The zero-order valence-electron chi connectivity index (χ0n) is 19.0. The van der Waals surface area contributed by atoms with Crippen LogP contribution in [0.15, 0.2) is 57.2 Å². The second kappa shape index (κ2) is 10.3. The molecule has 1 heterocycles. The molecule has 0 bridgehead atoms. The van der Waals surface area contributed by atoms with Crippen molar-refractivity contribution in [2.24, 2.45) is 26.9 Å². The number of aryl methyl sites for hydroxylation is 1. The summed E-state index contributed by atoms with van der Waals surface area (Å²) in [4.78, 5) is 29.2. The molecule has 33 heavy (non-hydrogen) atoms. The molecule has 1 saturated carbocycles. The summed E-state index contributed by atoms with van der Waals surface area (Å²) in [5.41, 5.74) is 8.48. The highest BCUT2D eigenvalue weighted by Gasteiger charge is 2.29. The standard InChI is InChI=1S/C22H31N9O2/c1-13-7-8-15(19(32)25-3)11-16(13)28-18-17(20(33)30-31-24)14(2)27-21(29-18)26-12-22(23)9-5-4-6-10-22/h7-8,11,28H,2,4-6,9-10,12,23H2,1,3H3,(H,25,32)(H2,24,30,33)(H2,26,27,29). The van der Waals surface area contributed by atoms with E-state index >= 15 is 0 Å². The highest BCUT2D eigenvalue weighted by Crippen LogP contribution is 2.27. The summed E-state index contributed by atoms with van der Waals surface area (Å²) in [7, 11) is 1.56. The van der Waals surface area contributed by atoms with Gasteiger partial charge in [-0.2, -0.15) is 4.99 Å². The molecule has 1 aliphatic heterocycles. The van der Waals surface area contributed by atoms with E-state index in [1.807, 2.05) is 6.92 Å². The number of hydrogen-bond acceptors (Lipinski definition) is 8. The van der Waals surface area contributed by atoms with Gasteiger partial charge >= 0.3 is 5.91 Å². The van der Waals surface area contributed by atoms with Crippen molar-refractivity contribution in [3.05, 3.63) is 53.0 Å². The van der Waals surface area contributed by atoms with Crippen molar-refractivity contribution in [1.29, 1.82) is 0 Å². The van der Waals surface area contributed by atoms with Crippen LogP contribution in [-0.4, -0.2) is 36.9 Å². The third kappa shape index (κ3) is 5.75. The van der Waals surface area contributed by atoms with Gasteiger partial charge in [0.25, 0.3) is 5.91 Å². The SMILES string of the molecule is C=C1NC(NCC2(N)CCCCC2)=NC(Nc2cc(C(=O)NC)ccc2C)=C1C(=O)N=NN. The highest BCUT2D eigenvalue weighted by molar-refractivity contribution is 6.03. The summed E-state index contributed by atoms with van der Waals surface area (Å²) in [6.07, 6.45) is 5.26. The van der Waals surface area contributed by atoms with Gasteiger partial charge in [-0.15, -0.1) is 0 Å². The number of nitrogens with one attached hydrogen (secondary N) is 4. The number of hydrogen-bond donors (Lipinski definition) is 6. The van der Waals surface area contributed by atoms with Gasteiger partial charge in [-0.05, 0) is 37.5 Å². The Labute approximate surface area is 192 Å². The fourth-order valence-electron chi connectivity index (χ4n) is 3.91. The van der Waals surface area contributed by atoms with Crippen molar-refractivity contribution in [1.82, 2.24) is 16.0 Å². The Balaban J connectivity index is 1.94. The molecule has 1 fully saturated rings. The van der Waals surface area contributed by atoms with E-state index in [9.17, 15) is 9.59 Å². The van der Waals surface area contributed by atoms with Crippen molar-refractivity contribution in [3.8, 4) is 0 Å². The second-order valence-electron chi connectivity index (χ2n) is 8.32. The number of guanidine groups is 1. The van der Waals surface area contributed by atoms with Crippen LogP contribution in [0.2, 0.25) is 0 Å². The van der Waals surface area contributed by atoms with Gasteiger partial charge in [0.1, 0.15) is 11.4 Å². The second-order valence-corrected chi connectivity index (χ2v) is 8.32. The maximum atomic E-state index is 12.6. The lowest BCUT2D eigenvalue weighted by atomic mass is 9.82. The third-order valence-corrected chi connectivity index (χ3v) is 5.83. The van der Waals surface area contributed by atoms with Crippen LogP contribution in [0, 0.1) is 6.92 Å². The van der Waals surface area contributed by atoms with Crippen molar-refractivity contribution < 1.29 is 9.59 Å². The van der Waals surface area contributed by atoms with Gasteiger partial charge in [-0.25, -0.2) is 0 Å². The van der Waals surface area contributed by atoms with Crippen molar-refractivity contribution in [2.45, 2.75) is 44.6 Å². The van der Waals surface area contributed by atoms with Crippen LogP contribution in [0.25, 0.3) is 0 Å². The number of aliphatic imine (C=N–C) groups is 1. The molecule has 11 heteroatoms. The van der Waals surface area contributed by atoms with Gasteiger partial charge in [0.05, 0.1) is 5.70 Å². The number of nitrogens with zero attached hydrogens (tertiary/aromatic N) is 3. The van der Waals surface area contributed by atoms with Crippen molar-refractivity contribution in [2.75, 3.05) is 18.9 Å². The lowest BCUT2D eigenvalue weighted by Gasteiger charge is -2.34. The molecular weight excluding hydrogens is 422 g/mol. The zero-order valence-corrected chi connectivity index (χ0v) is 19.0. The Kier molecular flexibility index (Phi) is 7.44. The summed E-state index contributed by atoms with van der Waals surface area (Å²) in [5, 5.41) is 18.5. The lowest BCUT2D eigenvalue weighted by Crippen LogP contribution is -2.54. The van der Waals surface area contributed by atoms with E-state index in [1.165, 1.54) is 6.42 Å². The molecule has 0 radical (unpaired) electrons. The van der Waals surface area contributed by atoms with E-state index in [0.29, 0.717) is 23.8 Å². The first-order chi connectivity index (χ1) is 15.8. The molecule has 0 spiro atoms. The molecule has 3 rings (SSSR count). The van der Waals surface area contributed by atoms with Gasteiger partial charge in [0, 0.05) is 30.4 Å². The van der Waals surface area contributed by atoms with Crippen LogP contribution in [0.4, 0.5) is 5.69 Å². The van der Waals surface area contributed by atoms with E-state index in [-0.39, 0.29) is 28.5 Å². The molecule has 0 saturated heterocycles. The Bertz CT molecular complexity index is 1040. The maximum Gasteiger partial charge on any atom is 0.302 e. The number of nitrogens with two attached hydrogens (primary N) is 2. The van der Waals surface area contributed by atoms with E-state index < -0.39 is 5.91 Å². The van der Waals surface area contributed by atoms with E-state index in [0.717, 1.165) is 31.2 Å². The summed E-state index contributed by atoms with van der Waals surface area (Å²) >= 11 is 0. The fourth-order valence-corrected chi connectivity index (χ4v) is 3.91. The predicted octanol–water partition coefficient (Wildman–Crippen LogP) is 1.55. The van der Waals surface area contributed by atoms with Gasteiger partial charge < -0.3 is 32.8 Å². The Hall–Kier alpha value is -3.73. The van der Waals surface area contributed by atoms with Crippen LogP contribution >= 0.6 is 0 Å². The van der Waals surface area contributed by atoms with Gasteiger partial charge in [-0.3, -0.25) is 9.59 Å². The smallest absolute Gasteiger partial charge is 0.302 e. The lowest BCUT2D eigenvalue weighted by molar-refractivity contribution is -0.114. The largest absolute Gasteiger partial charge is 0.355 e. The molecule has 1 aromatic carbocycles. The monoisotopic (exact) mass is 453 g/mol. The van der Waals surface area contributed by atoms with Crippen LogP contribution in [-0.2, 0) is 4.79 Å². The molecule has 1 aliphatic carbocycles. The normalized spacial score (nSPS) is 17.9. The number of rotatable bonds is 6. The Morgan fingerprint density at radius 1 is 1.27 bits per heavy atom. The minimum Gasteiger partial charge on any atom is -0.355 e. The number of carbonyl (C=O) groups excluding carboxylic acids is 2. The fraction of sp³-hybridized carbons (Fsp3) is 0.409. The Morgan fingerprint density at radius 3 is 2.67 bits per heavy atom. The summed E-state index contributed by atoms with van der Waals surface area (Å²) < 4.78 is 0. The highest BCUT2D eigenvalue weighted by atomic mass is 16.2. The van der Waals surface area contributed by atoms with Crippen molar-refractivity contribution >= 4 is 23.5 Å². The first kappa shape index (κ1) is 23.9. The molecule has 11 nitrogen and oxygen atoms in total. The average molecular weight is 454 g/mol. The molecular formula is C22H31N9O2. The molecule has 0 atom stereocenters. The van der Waals surface area contributed by atoms with Crippen LogP contribution in [0.1, 0.15) is 48.0 Å². The van der Waals surface area contributed by atoms with Crippen LogP contribution in [0.5, 0.6) is 0 Å². The first-order valence-corrected chi connectivity index (χ1v) is 10.8. The van der Waals surface area contributed by atoms with Crippen LogP contribution < -0.4 is 32.8 Å². The van der Waals surface area contributed by atoms with Crippen LogP contribution in [0.3, 0.4) is 0 Å². The molecule has 2 aliphatic rings. The maximum absolute atomic E-state index is 12.6. The van der Waals surface area contributed by atoms with E-state index in [4.69, 9.17) is 11.6 Å².